The predicted octanol–water partition coefficient (Wildman–Crippen LogP) is 5.40. The molecule has 9 heteroatoms. The molecule has 0 bridgehead atoms. The average Bonchev–Trinajstić information content (AvgIpc) is 3.64. The van der Waals surface area contributed by atoms with Crippen LogP contribution in [0, 0.1) is 0 Å². The third kappa shape index (κ3) is 7.85. The van der Waals surface area contributed by atoms with Gasteiger partial charge in [0.25, 0.3) is 0 Å². The van der Waals surface area contributed by atoms with Crippen LogP contribution < -0.4 is 16.4 Å². The molecular formula is C31H55N9. The van der Waals surface area contributed by atoms with Crippen LogP contribution in [-0.2, 0) is 0 Å². The van der Waals surface area contributed by atoms with Crippen LogP contribution in [0.4, 0.5) is 11.8 Å². The Morgan fingerprint density at radius 2 is 1.55 bits per heavy atom. The van der Waals surface area contributed by atoms with Gasteiger partial charge in [0.15, 0.2) is 17.0 Å². The molecule has 0 radical (unpaired) electrons. The Balaban J connectivity index is 1.18. The molecule has 0 amide bonds. The molecule has 1 aliphatic heterocycles. The van der Waals surface area contributed by atoms with Crippen LogP contribution >= 0.6 is 0 Å². The van der Waals surface area contributed by atoms with E-state index in [0.717, 1.165) is 74.5 Å². The molecule has 0 unspecified atom stereocenters. The Hall–Kier alpha value is -1.97. The molecule has 2 saturated carbocycles. The fraction of sp³-hybridized carbons (Fsp3) is 0.839. The smallest absolute Gasteiger partial charge is 0.227 e. The summed E-state index contributed by atoms with van der Waals surface area (Å²) in [7, 11) is 0. The summed E-state index contributed by atoms with van der Waals surface area (Å²) in [4.78, 5) is 20.2. The number of hydrogen-bond donors (Lipinski definition) is 3. The number of nitrogens with two attached hydrogens (primary N) is 1. The highest BCUT2D eigenvalue weighted by molar-refractivity contribution is 5.84. The molecule has 2 aromatic rings. The molecule has 5 rings (SSSR count). The maximum absolute atomic E-state index is 6.16. The zero-order valence-corrected chi connectivity index (χ0v) is 25.3. The first-order valence-corrected chi connectivity index (χ1v) is 16.6. The van der Waals surface area contributed by atoms with Gasteiger partial charge in [-0.05, 0) is 103 Å². The van der Waals surface area contributed by atoms with Crippen LogP contribution in [0.25, 0.3) is 11.2 Å². The van der Waals surface area contributed by atoms with E-state index in [2.05, 4.69) is 38.8 Å². The van der Waals surface area contributed by atoms with E-state index in [-0.39, 0.29) is 0 Å². The van der Waals surface area contributed by atoms with Crippen LogP contribution in [0.15, 0.2) is 6.33 Å². The molecule has 1 saturated heterocycles. The molecule has 224 valence electrons. The van der Waals surface area contributed by atoms with Crippen LogP contribution in [0.1, 0.15) is 110 Å². The number of piperidine rings is 1. The number of rotatable bonds is 14. The van der Waals surface area contributed by atoms with Crippen molar-refractivity contribution in [3.63, 3.8) is 0 Å². The number of hydrogen-bond acceptors (Lipinski definition) is 8. The monoisotopic (exact) mass is 553 g/mol. The van der Waals surface area contributed by atoms with E-state index < -0.39 is 0 Å². The minimum atomic E-state index is 0.338. The van der Waals surface area contributed by atoms with Gasteiger partial charge in [-0.2, -0.15) is 9.97 Å². The maximum atomic E-state index is 6.16. The van der Waals surface area contributed by atoms with E-state index >= 15 is 0 Å². The summed E-state index contributed by atoms with van der Waals surface area (Å²) in [5.41, 5.74) is 8.07. The second-order valence-electron chi connectivity index (χ2n) is 12.7. The Morgan fingerprint density at radius 3 is 2.25 bits per heavy atom. The van der Waals surface area contributed by atoms with E-state index in [1.807, 2.05) is 6.33 Å². The van der Waals surface area contributed by atoms with Crippen LogP contribution in [-0.4, -0.2) is 86.7 Å². The zero-order chi connectivity index (χ0) is 27.7. The molecule has 0 aromatic carbocycles. The summed E-state index contributed by atoms with van der Waals surface area (Å²) in [5, 5.41) is 7.49. The van der Waals surface area contributed by atoms with E-state index in [9.17, 15) is 0 Å². The fourth-order valence-corrected chi connectivity index (χ4v) is 7.11. The second-order valence-corrected chi connectivity index (χ2v) is 12.7. The standard InChI is InChI=1S/C31H55N9/c1-3-17-38(18-4-2)19-7-8-20-39-21-15-26(16-22-39)34-29-28-30(40(23-33-28)27-9-5-6-10-27)37-31(36-29)35-25-13-11-24(32)12-14-25/h23-27H,3-22,32H2,1-2H3,(H2,34,35,36,37). The summed E-state index contributed by atoms with van der Waals surface area (Å²) in [6.07, 6.45) is 18.8. The SMILES string of the molecule is CCCN(CCC)CCCCN1CCC(Nc2nc(NC3CCC(N)CC3)nc3c2ncn3C2CCCC2)CC1. The van der Waals surface area contributed by atoms with Crippen molar-refractivity contribution in [3.8, 4) is 0 Å². The van der Waals surface area contributed by atoms with Crippen molar-refractivity contribution >= 4 is 22.9 Å². The number of imidazole rings is 1. The Kier molecular flexibility index (Phi) is 10.9. The molecule has 9 nitrogen and oxygen atoms in total. The highest BCUT2D eigenvalue weighted by atomic mass is 15.2. The van der Waals surface area contributed by atoms with Crippen molar-refractivity contribution < 1.29 is 0 Å². The number of nitrogens with one attached hydrogen (secondary N) is 2. The van der Waals surface area contributed by atoms with Gasteiger partial charge in [0.05, 0.1) is 6.33 Å². The zero-order valence-electron chi connectivity index (χ0n) is 25.3. The molecule has 3 aliphatic rings. The first kappa shape index (κ1) is 29.5. The molecule has 2 aliphatic carbocycles. The Morgan fingerprint density at radius 1 is 0.850 bits per heavy atom. The van der Waals surface area contributed by atoms with Gasteiger partial charge in [-0.1, -0.05) is 26.7 Å². The van der Waals surface area contributed by atoms with Gasteiger partial charge in [-0.15, -0.1) is 0 Å². The van der Waals surface area contributed by atoms with Crippen molar-refractivity contribution in [2.45, 2.75) is 128 Å². The predicted molar refractivity (Wildman–Crippen MR) is 166 cm³/mol. The molecule has 0 atom stereocenters. The van der Waals surface area contributed by atoms with Gasteiger partial charge in [0.1, 0.15) is 0 Å². The first-order chi connectivity index (χ1) is 19.6. The van der Waals surface area contributed by atoms with Crippen LogP contribution in [0.5, 0.6) is 0 Å². The van der Waals surface area contributed by atoms with Crippen LogP contribution in [0.3, 0.4) is 0 Å². The number of anilines is 2. The molecular weight excluding hydrogens is 498 g/mol. The van der Waals surface area contributed by atoms with Gasteiger partial charge in [0.2, 0.25) is 5.95 Å². The van der Waals surface area contributed by atoms with Crippen LogP contribution in [0.2, 0.25) is 0 Å². The number of nitrogens with zero attached hydrogens (tertiary/aromatic N) is 6. The van der Waals surface area contributed by atoms with Crippen molar-refractivity contribution in [2.24, 2.45) is 5.73 Å². The van der Waals surface area contributed by atoms with E-state index in [0.29, 0.717) is 24.2 Å². The second kappa shape index (κ2) is 14.8. The number of unbranched alkanes of at least 4 members (excludes halogenated alkanes) is 1. The molecule has 0 spiro atoms. The van der Waals surface area contributed by atoms with Gasteiger partial charge < -0.3 is 30.7 Å². The Labute approximate surface area is 242 Å². The normalized spacial score (nSPS) is 23.4. The summed E-state index contributed by atoms with van der Waals surface area (Å²) >= 11 is 0. The van der Waals surface area contributed by atoms with Crippen molar-refractivity contribution in [1.82, 2.24) is 29.3 Å². The maximum Gasteiger partial charge on any atom is 0.227 e. The summed E-state index contributed by atoms with van der Waals surface area (Å²) in [6.45, 7) is 11.9. The van der Waals surface area contributed by atoms with Gasteiger partial charge >= 0.3 is 0 Å². The van der Waals surface area contributed by atoms with E-state index in [4.69, 9.17) is 20.7 Å². The molecule has 3 fully saturated rings. The third-order valence-corrected chi connectivity index (χ3v) is 9.45. The topological polar surface area (TPSA) is 100 Å². The number of aromatic nitrogens is 4. The van der Waals surface area contributed by atoms with Gasteiger partial charge in [-0.3, -0.25) is 0 Å². The summed E-state index contributed by atoms with van der Waals surface area (Å²) in [5.74, 6) is 1.65. The number of likely N-dealkylation sites (tertiary alicyclic amines) is 1. The molecule has 2 aromatic heterocycles. The van der Waals surface area contributed by atoms with Crippen molar-refractivity contribution in [1.29, 1.82) is 0 Å². The third-order valence-electron chi connectivity index (χ3n) is 9.45. The van der Waals surface area contributed by atoms with Crippen molar-refractivity contribution in [3.05, 3.63) is 6.33 Å². The fourth-order valence-electron chi connectivity index (χ4n) is 7.11. The van der Waals surface area contributed by atoms with Crippen molar-refractivity contribution in [2.75, 3.05) is 49.9 Å². The minimum absolute atomic E-state index is 0.338. The molecule has 40 heavy (non-hydrogen) atoms. The lowest BCUT2D eigenvalue weighted by Gasteiger charge is -2.33. The average molecular weight is 554 g/mol. The largest absolute Gasteiger partial charge is 0.365 e. The summed E-state index contributed by atoms with van der Waals surface area (Å²) in [6, 6.07) is 1.67. The van der Waals surface area contributed by atoms with E-state index in [1.165, 1.54) is 77.5 Å². The van der Waals surface area contributed by atoms with Gasteiger partial charge in [0, 0.05) is 37.3 Å². The highest BCUT2D eigenvalue weighted by Gasteiger charge is 2.26. The summed E-state index contributed by atoms with van der Waals surface area (Å²) < 4.78 is 2.32. The van der Waals surface area contributed by atoms with E-state index in [1.54, 1.807) is 0 Å². The molecule has 4 N–H and O–H groups in total. The lowest BCUT2D eigenvalue weighted by molar-refractivity contribution is 0.206. The van der Waals surface area contributed by atoms with Gasteiger partial charge in [-0.25, -0.2) is 4.98 Å². The quantitative estimate of drug-likeness (QED) is 0.267. The highest BCUT2D eigenvalue weighted by Crippen LogP contribution is 2.34. The lowest BCUT2D eigenvalue weighted by Crippen LogP contribution is -2.40. The Bertz CT molecular complexity index is 1010. The molecule has 3 heterocycles. The first-order valence-electron chi connectivity index (χ1n) is 16.6. The minimum Gasteiger partial charge on any atom is -0.365 e. The lowest BCUT2D eigenvalue weighted by atomic mass is 9.92. The number of fused-ring (bicyclic) bond motifs is 1.